The van der Waals surface area contributed by atoms with E-state index in [0.717, 1.165) is 5.56 Å². The van der Waals surface area contributed by atoms with Gasteiger partial charge in [-0.1, -0.05) is 17.2 Å². The van der Waals surface area contributed by atoms with Crippen molar-refractivity contribution in [1.29, 1.82) is 0 Å². The predicted molar refractivity (Wildman–Crippen MR) is 84.2 cm³/mol. The number of aromatic nitrogens is 3. The van der Waals surface area contributed by atoms with Crippen molar-refractivity contribution in [3.63, 3.8) is 0 Å². The Hall–Kier alpha value is -3.81. The molecule has 0 fully saturated rings. The number of imide groups is 1. The van der Waals surface area contributed by atoms with E-state index in [9.17, 15) is 14.4 Å². The quantitative estimate of drug-likeness (QED) is 0.733. The van der Waals surface area contributed by atoms with Crippen molar-refractivity contribution < 1.29 is 19.2 Å². The topological polar surface area (TPSA) is 105 Å². The molecule has 122 valence electrons. The highest BCUT2D eigenvalue weighted by Gasteiger charge is 2.39. The number of carbonyl (C=O) groups is 3. The lowest BCUT2D eigenvalue weighted by Crippen LogP contribution is -2.32. The fourth-order valence-electron chi connectivity index (χ4n) is 2.46. The van der Waals surface area contributed by atoms with E-state index in [-0.39, 0.29) is 16.8 Å². The van der Waals surface area contributed by atoms with Gasteiger partial charge in [0.1, 0.15) is 11.5 Å². The lowest BCUT2D eigenvalue weighted by molar-refractivity contribution is -0.0588. The van der Waals surface area contributed by atoms with E-state index in [1.807, 2.05) is 0 Å². The number of nitrogens with zero attached hydrogens (tertiary/aromatic N) is 3. The van der Waals surface area contributed by atoms with Gasteiger partial charge in [-0.15, -0.1) is 0 Å². The van der Waals surface area contributed by atoms with Gasteiger partial charge in [0.25, 0.3) is 11.8 Å². The Morgan fingerprint density at radius 2 is 1.64 bits per heavy atom. The third-order valence-electron chi connectivity index (χ3n) is 3.68. The Morgan fingerprint density at radius 3 is 2.28 bits per heavy atom. The molecule has 0 spiro atoms. The zero-order valence-electron chi connectivity index (χ0n) is 12.7. The maximum atomic E-state index is 12.2. The molecule has 0 radical (unpaired) electrons. The molecule has 8 heteroatoms. The van der Waals surface area contributed by atoms with Gasteiger partial charge in [-0.05, 0) is 24.3 Å². The largest absolute Gasteiger partial charge is 0.381 e. The van der Waals surface area contributed by atoms with Gasteiger partial charge in [0.15, 0.2) is 0 Å². The van der Waals surface area contributed by atoms with Crippen LogP contribution in [0.15, 0.2) is 55.0 Å². The molecule has 3 heterocycles. The molecule has 1 aliphatic heterocycles. The van der Waals surface area contributed by atoms with Gasteiger partial charge in [0.2, 0.25) is 0 Å². The van der Waals surface area contributed by atoms with E-state index in [2.05, 4.69) is 15.0 Å². The number of carbonyl (C=O) groups excluding carboxylic acids is 3. The number of hydrogen-bond donors (Lipinski definition) is 1. The lowest BCUT2D eigenvalue weighted by atomic mass is 10.1. The normalized spacial score (nSPS) is 13.0. The van der Waals surface area contributed by atoms with Crippen LogP contribution in [-0.2, 0) is 4.84 Å². The number of H-pyrrole nitrogens is 1. The molecule has 1 aliphatic rings. The Kier molecular flexibility index (Phi) is 3.35. The summed E-state index contributed by atoms with van der Waals surface area (Å²) in [6.07, 6.45) is 4.46. The standard InChI is InChI=1S/C17H10N4O4/c22-15-11-3-1-2-4-12(11)16(23)21(15)25-17(24)13-9-19-14(20-13)10-5-7-18-8-6-10/h1-9H,(H,19,20). The highest BCUT2D eigenvalue weighted by Crippen LogP contribution is 2.23. The van der Waals surface area contributed by atoms with Crippen molar-refractivity contribution in [1.82, 2.24) is 20.0 Å². The van der Waals surface area contributed by atoms with Crippen LogP contribution in [0.5, 0.6) is 0 Å². The Balaban J connectivity index is 1.55. The Morgan fingerprint density at radius 1 is 1.00 bits per heavy atom. The number of amides is 2. The van der Waals surface area contributed by atoms with E-state index in [1.165, 1.54) is 18.3 Å². The first-order valence-electron chi connectivity index (χ1n) is 7.30. The van der Waals surface area contributed by atoms with Crippen LogP contribution in [0.2, 0.25) is 0 Å². The van der Waals surface area contributed by atoms with E-state index in [1.54, 1.807) is 36.7 Å². The maximum absolute atomic E-state index is 12.2. The van der Waals surface area contributed by atoms with E-state index < -0.39 is 17.8 Å². The fourth-order valence-corrected chi connectivity index (χ4v) is 2.46. The first kappa shape index (κ1) is 14.8. The van der Waals surface area contributed by atoms with Crippen LogP contribution in [-0.4, -0.2) is 37.8 Å². The molecule has 25 heavy (non-hydrogen) atoms. The average Bonchev–Trinajstić information content (AvgIpc) is 3.23. The minimum absolute atomic E-state index is 0.0170. The number of rotatable bonds is 3. The molecule has 4 rings (SSSR count). The zero-order valence-corrected chi connectivity index (χ0v) is 12.7. The predicted octanol–water partition coefficient (Wildman–Crippen LogP) is 1.84. The summed E-state index contributed by atoms with van der Waals surface area (Å²) in [7, 11) is 0. The van der Waals surface area contributed by atoms with E-state index in [4.69, 9.17) is 4.84 Å². The van der Waals surface area contributed by atoms with Crippen molar-refractivity contribution >= 4 is 17.8 Å². The molecule has 1 aromatic carbocycles. The third-order valence-corrected chi connectivity index (χ3v) is 3.68. The molecule has 1 N–H and O–H groups in total. The highest BCUT2D eigenvalue weighted by molar-refractivity contribution is 6.21. The number of imidazole rings is 1. The van der Waals surface area contributed by atoms with Crippen molar-refractivity contribution in [2.75, 3.05) is 0 Å². The van der Waals surface area contributed by atoms with Gasteiger partial charge in [0, 0.05) is 18.0 Å². The number of aromatic amines is 1. The number of fused-ring (bicyclic) bond motifs is 1. The van der Waals surface area contributed by atoms with Crippen LogP contribution in [0.4, 0.5) is 0 Å². The molecule has 2 aromatic heterocycles. The average molecular weight is 334 g/mol. The second-order valence-corrected chi connectivity index (χ2v) is 5.21. The Labute approximate surface area is 141 Å². The fraction of sp³-hybridized carbons (Fsp3) is 0. The highest BCUT2D eigenvalue weighted by atomic mass is 16.7. The smallest absolute Gasteiger partial charge is 0.332 e. The minimum Gasteiger partial charge on any atom is -0.332 e. The summed E-state index contributed by atoms with van der Waals surface area (Å²) in [5.41, 5.74) is 1.14. The minimum atomic E-state index is -0.887. The number of hydroxylamine groups is 2. The lowest BCUT2D eigenvalue weighted by Gasteiger charge is -2.11. The summed E-state index contributed by atoms with van der Waals surface area (Å²) in [5.74, 6) is -1.80. The molecule has 0 aliphatic carbocycles. The molecule has 0 saturated heterocycles. The molecule has 0 atom stereocenters. The van der Waals surface area contributed by atoms with Gasteiger partial charge < -0.3 is 9.82 Å². The zero-order chi connectivity index (χ0) is 17.4. The van der Waals surface area contributed by atoms with Gasteiger partial charge >= 0.3 is 5.97 Å². The summed E-state index contributed by atoms with van der Waals surface area (Å²) >= 11 is 0. The van der Waals surface area contributed by atoms with Gasteiger partial charge in [-0.2, -0.15) is 0 Å². The number of hydrogen-bond acceptors (Lipinski definition) is 6. The molecular weight excluding hydrogens is 324 g/mol. The van der Waals surface area contributed by atoms with Gasteiger partial charge in [-0.25, -0.2) is 9.78 Å². The SMILES string of the molecule is O=C(ON1C(=O)c2ccccc2C1=O)c1cnc(-c2ccncc2)[nH]1. The summed E-state index contributed by atoms with van der Waals surface area (Å²) < 4.78 is 0. The monoisotopic (exact) mass is 334 g/mol. The van der Waals surface area contributed by atoms with Crippen LogP contribution in [0, 0.1) is 0 Å². The molecule has 2 amide bonds. The summed E-state index contributed by atoms with van der Waals surface area (Å²) in [4.78, 5) is 52.4. The summed E-state index contributed by atoms with van der Waals surface area (Å²) in [5, 5.41) is 0.458. The molecular formula is C17H10N4O4. The molecule has 0 unspecified atom stereocenters. The van der Waals surface area contributed by atoms with Crippen molar-refractivity contribution in [2.45, 2.75) is 0 Å². The van der Waals surface area contributed by atoms with Crippen molar-refractivity contribution in [3.05, 3.63) is 71.8 Å². The summed E-state index contributed by atoms with van der Waals surface area (Å²) in [6, 6.07) is 9.70. The van der Waals surface area contributed by atoms with E-state index in [0.29, 0.717) is 10.9 Å². The molecule has 0 saturated carbocycles. The first-order valence-corrected chi connectivity index (χ1v) is 7.30. The molecule has 3 aromatic rings. The number of pyridine rings is 1. The van der Waals surface area contributed by atoms with Crippen LogP contribution in [0.1, 0.15) is 31.2 Å². The van der Waals surface area contributed by atoms with Crippen LogP contribution >= 0.6 is 0 Å². The second kappa shape index (κ2) is 5.68. The van der Waals surface area contributed by atoms with Crippen LogP contribution in [0.3, 0.4) is 0 Å². The molecule has 0 bridgehead atoms. The van der Waals surface area contributed by atoms with Crippen molar-refractivity contribution in [2.24, 2.45) is 0 Å². The maximum Gasteiger partial charge on any atom is 0.381 e. The number of benzene rings is 1. The summed E-state index contributed by atoms with van der Waals surface area (Å²) in [6.45, 7) is 0. The van der Waals surface area contributed by atoms with Gasteiger partial charge in [-0.3, -0.25) is 14.6 Å². The third kappa shape index (κ3) is 2.45. The number of nitrogens with one attached hydrogen (secondary N) is 1. The van der Waals surface area contributed by atoms with E-state index >= 15 is 0 Å². The second-order valence-electron chi connectivity index (χ2n) is 5.21. The van der Waals surface area contributed by atoms with Crippen LogP contribution in [0.25, 0.3) is 11.4 Å². The van der Waals surface area contributed by atoms with Crippen LogP contribution < -0.4 is 0 Å². The molecule has 8 nitrogen and oxygen atoms in total. The first-order chi connectivity index (χ1) is 12.1. The van der Waals surface area contributed by atoms with Crippen molar-refractivity contribution in [3.8, 4) is 11.4 Å². The Bertz CT molecular complexity index is 962. The van der Waals surface area contributed by atoms with Gasteiger partial charge in [0.05, 0.1) is 17.3 Å².